The lowest BCUT2D eigenvalue weighted by Gasteiger charge is -2.28. The normalized spacial score (nSPS) is 12.5. The van der Waals surface area contributed by atoms with Gasteiger partial charge in [0.2, 0.25) is 15.9 Å². The van der Waals surface area contributed by atoms with E-state index in [1.807, 2.05) is 26.0 Å². The van der Waals surface area contributed by atoms with Gasteiger partial charge in [0.25, 0.3) is 10.0 Å². The van der Waals surface area contributed by atoms with Crippen molar-refractivity contribution in [2.24, 2.45) is 0 Å². The first kappa shape index (κ1) is 28.3. The van der Waals surface area contributed by atoms with Crippen LogP contribution in [-0.4, -0.2) is 42.2 Å². The van der Waals surface area contributed by atoms with E-state index in [9.17, 15) is 21.6 Å². The summed E-state index contributed by atoms with van der Waals surface area (Å²) in [5.41, 5.74) is 2.75. The number of anilines is 3. The minimum Gasteiger partial charge on any atom is -0.495 e. The van der Waals surface area contributed by atoms with E-state index in [-0.39, 0.29) is 15.6 Å². The van der Waals surface area contributed by atoms with E-state index >= 15 is 0 Å². The number of amides is 1. The Balaban J connectivity index is 1.79. The summed E-state index contributed by atoms with van der Waals surface area (Å²) in [5, 5.41) is 2.81. The summed E-state index contributed by atoms with van der Waals surface area (Å²) in [6.45, 7) is 5.16. The third kappa shape index (κ3) is 6.73. The van der Waals surface area contributed by atoms with Crippen molar-refractivity contribution >= 4 is 54.6 Å². The second-order valence-corrected chi connectivity index (χ2v) is 12.4. The Morgan fingerprint density at radius 2 is 1.62 bits per heavy atom. The number of nitrogens with zero attached hydrogens (tertiary/aromatic N) is 1. The molecule has 3 aromatic rings. The van der Waals surface area contributed by atoms with Crippen molar-refractivity contribution in [1.29, 1.82) is 0 Å². The van der Waals surface area contributed by atoms with Crippen LogP contribution in [0.5, 0.6) is 5.75 Å². The number of sulfonamides is 2. The van der Waals surface area contributed by atoms with Crippen molar-refractivity contribution in [3.05, 3.63) is 76.8 Å². The summed E-state index contributed by atoms with van der Waals surface area (Å²) in [7, 11) is -6.30. The van der Waals surface area contributed by atoms with Gasteiger partial charge < -0.3 is 10.1 Å². The zero-order chi connectivity index (χ0) is 27.5. The maximum Gasteiger partial charge on any atom is 0.261 e. The predicted octanol–water partition coefficient (Wildman–Crippen LogP) is 4.56. The fourth-order valence-corrected chi connectivity index (χ4v) is 6.25. The van der Waals surface area contributed by atoms with Gasteiger partial charge in [-0.2, -0.15) is 0 Å². The van der Waals surface area contributed by atoms with Crippen LogP contribution in [0.4, 0.5) is 17.1 Å². The average molecular weight is 566 g/mol. The molecule has 0 bridgehead atoms. The van der Waals surface area contributed by atoms with Crippen LogP contribution in [0.2, 0.25) is 5.02 Å². The number of nitrogens with one attached hydrogen (secondary N) is 2. The molecule has 37 heavy (non-hydrogen) atoms. The summed E-state index contributed by atoms with van der Waals surface area (Å²) < 4.78 is 59.3. The van der Waals surface area contributed by atoms with Crippen molar-refractivity contribution in [3.63, 3.8) is 0 Å². The molecule has 12 heteroatoms. The summed E-state index contributed by atoms with van der Waals surface area (Å²) >= 11 is 6.15. The van der Waals surface area contributed by atoms with E-state index < -0.39 is 32.0 Å². The Kier molecular flexibility index (Phi) is 8.41. The molecule has 0 aromatic heterocycles. The number of carbonyl (C=O) groups excluding carboxylic acids is 1. The number of rotatable bonds is 9. The number of aryl methyl sites for hydroxylation is 2. The molecular formula is C25H28ClN3O6S2. The largest absolute Gasteiger partial charge is 0.495 e. The van der Waals surface area contributed by atoms with Gasteiger partial charge in [0.05, 0.1) is 34.7 Å². The first-order valence-electron chi connectivity index (χ1n) is 11.1. The fourth-order valence-electron chi connectivity index (χ4n) is 3.70. The van der Waals surface area contributed by atoms with Crippen molar-refractivity contribution in [2.45, 2.75) is 31.7 Å². The summed E-state index contributed by atoms with van der Waals surface area (Å²) in [6, 6.07) is 14.2. The quantitative estimate of drug-likeness (QED) is 0.392. The number of hydrogen-bond donors (Lipinski definition) is 2. The molecule has 1 atom stereocenters. The van der Waals surface area contributed by atoms with Crippen molar-refractivity contribution < 1.29 is 26.4 Å². The Labute approximate surface area is 222 Å². The second kappa shape index (κ2) is 11.0. The highest BCUT2D eigenvalue weighted by Crippen LogP contribution is 2.31. The molecule has 2 N–H and O–H groups in total. The van der Waals surface area contributed by atoms with Gasteiger partial charge in [-0.1, -0.05) is 29.3 Å². The Hall–Kier alpha value is -3.28. The number of methoxy groups -OCH3 is 1. The minimum atomic E-state index is -3.87. The maximum atomic E-state index is 13.0. The SMILES string of the molecule is COc1ccc(N([C@@H](C)C(=O)Nc2ccc(S(=O)(=O)Nc3ccc(C)cc3C)cc2)S(C)(=O)=O)cc1Cl. The van der Waals surface area contributed by atoms with E-state index in [2.05, 4.69) is 10.0 Å². The molecule has 0 aliphatic rings. The van der Waals surface area contributed by atoms with E-state index in [1.165, 1.54) is 56.5 Å². The molecule has 0 fully saturated rings. The highest BCUT2D eigenvalue weighted by Gasteiger charge is 2.30. The minimum absolute atomic E-state index is 0.00385. The van der Waals surface area contributed by atoms with Crippen LogP contribution in [0.25, 0.3) is 0 Å². The zero-order valence-electron chi connectivity index (χ0n) is 20.9. The van der Waals surface area contributed by atoms with Crippen LogP contribution in [0.1, 0.15) is 18.1 Å². The summed E-state index contributed by atoms with van der Waals surface area (Å²) in [4.78, 5) is 13.0. The molecule has 3 aromatic carbocycles. The second-order valence-electron chi connectivity index (χ2n) is 8.49. The topological polar surface area (TPSA) is 122 Å². The first-order chi connectivity index (χ1) is 17.2. The summed E-state index contributed by atoms with van der Waals surface area (Å²) in [6.07, 6.45) is 0.983. The highest BCUT2D eigenvalue weighted by atomic mass is 35.5. The van der Waals surface area contributed by atoms with Crippen LogP contribution < -0.4 is 19.1 Å². The molecule has 0 aliphatic heterocycles. The van der Waals surface area contributed by atoms with Crippen LogP contribution in [0.15, 0.2) is 65.6 Å². The Morgan fingerprint density at radius 3 is 2.16 bits per heavy atom. The lowest BCUT2D eigenvalue weighted by Crippen LogP contribution is -2.45. The Morgan fingerprint density at radius 1 is 0.973 bits per heavy atom. The molecule has 0 aliphatic carbocycles. The van der Waals surface area contributed by atoms with Gasteiger partial charge in [-0.05, 0) is 74.9 Å². The van der Waals surface area contributed by atoms with Gasteiger partial charge in [0, 0.05) is 5.69 Å². The van der Waals surface area contributed by atoms with Crippen molar-refractivity contribution in [3.8, 4) is 5.75 Å². The number of hydrogen-bond acceptors (Lipinski definition) is 6. The van der Waals surface area contributed by atoms with Crippen molar-refractivity contribution in [2.75, 3.05) is 27.7 Å². The molecule has 0 unspecified atom stereocenters. The Bertz CT molecular complexity index is 1520. The molecule has 0 saturated carbocycles. The van der Waals surface area contributed by atoms with E-state index in [1.54, 1.807) is 6.07 Å². The van der Waals surface area contributed by atoms with Crippen LogP contribution in [-0.2, 0) is 24.8 Å². The maximum absolute atomic E-state index is 13.0. The van der Waals surface area contributed by atoms with Crippen LogP contribution in [0, 0.1) is 13.8 Å². The number of ether oxygens (including phenoxy) is 1. The molecule has 198 valence electrons. The molecule has 0 heterocycles. The van der Waals surface area contributed by atoms with Gasteiger partial charge >= 0.3 is 0 Å². The highest BCUT2D eigenvalue weighted by molar-refractivity contribution is 7.92. The van der Waals surface area contributed by atoms with E-state index in [4.69, 9.17) is 16.3 Å². The molecule has 0 spiro atoms. The first-order valence-corrected chi connectivity index (χ1v) is 14.8. The number of halogens is 1. The van der Waals surface area contributed by atoms with Crippen LogP contribution >= 0.6 is 11.6 Å². The average Bonchev–Trinajstić information content (AvgIpc) is 2.80. The van der Waals surface area contributed by atoms with Gasteiger partial charge in [0.1, 0.15) is 11.8 Å². The number of carbonyl (C=O) groups is 1. The third-order valence-electron chi connectivity index (χ3n) is 5.54. The zero-order valence-corrected chi connectivity index (χ0v) is 23.3. The van der Waals surface area contributed by atoms with Crippen LogP contribution in [0.3, 0.4) is 0 Å². The van der Waals surface area contributed by atoms with Gasteiger partial charge in [0.15, 0.2) is 0 Å². The lowest BCUT2D eigenvalue weighted by molar-refractivity contribution is -0.116. The monoisotopic (exact) mass is 565 g/mol. The van der Waals surface area contributed by atoms with Crippen molar-refractivity contribution in [1.82, 2.24) is 0 Å². The fraction of sp³-hybridized carbons (Fsp3) is 0.240. The molecular weight excluding hydrogens is 538 g/mol. The van der Waals surface area contributed by atoms with E-state index in [0.29, 0.717) is 17.1 Å². The summed E-state index contributed by atoms with van der Waals surface area (Å²) in [5.74, 6) is -0.264. The molecule has 9 nitrogen and oxygen atoms in total. The molecule has 0 radical (unpaired) electrons. The number of benzene rings is 3. The lowest BCUT2D eigenvalue weighted by atomic mass is 10.1. The van der Waals surface area contributed by atoms with Gasteiger partial charge in [-0.25, -0.2) is 16.8 Å². The smallest absolute Gasteiger partial charge is 0.261 e. The van der Waals surface area contributed by atoms with E-state index in [0.717, 1.165) is 21.7 Å². The van der Waals surface area contributed by atoms with Gasteiger partial charge in [-0.3, -0.25) is 13.8 Å². The predicted molar refractivity (Wildman–Crippen MR) is 147 cm³/mol. The third-order valence-corrected chi connectivity index (χ3v) is 8.46. The standard InChI is InChI=1S/C25H28ClN3O6S2/c1-16-6-12-23(17(2)14-16)28-37(33,34)21-10-7-19(8-11-21)27-25(30)18(3)29(36(5,31)32)20-9-13-24(35-4)22(26)15-20/h6-15,18,28H,1-5H3,(H,27,30)/t18-/m0/s1. The molecule has 3 rings (SSSR count). The molecule has 0 saturated heterocycles. The van der Waals surface area contributed by atoms with Gasteiger partial charge in [-0.15, -0.1) is 0 Å². The molecule has 1 amide bonds.